The molecule has 2 saturated heterocycles. The number of likely N-dealkylation sites (N-methyl/N-ethyl adjacent to an activating group) is 1. The third kappa shape index (κ3) is 3.77. The smallest absolute Gasteiger partial charge is 0.248 e. The van der Waals surface area contributed by atoms with Crippen LogP contribution in [0, 0.1) is 5.92 Å². The summed E-state index contributed by atoms with van der Waals surface area (Å²) in [5.41, 5.74) is 1.10. The van der Waals surface area contributed by atoms with Gasteiger partial charge < -0.3 is 14.4 Å². The number of carbonyl (C=O) groups is 1. The molecule has 0 radical (unpaired) electrons. The average molecular weight is 333 g/mol. The van der Waals surface area contributed by atoms with Gasteiger partial charge in [-0.05, 0) is 44.5 Å². The molecule has 3 rings (SSSR count). The molecule has 132 valence electrons. The van der Waals surface area contributed by atoms with Crippen LogP contribution >= 0.6 is 0 Å². The van der Waals surface area contributed by atoms with Crippen LogP contribution in [-0.2, 0) is 20.9 Å². The summed E-state index contributed by atoms with van der Waals surface area (Å²) in [4.78, 5) is 20.5. The van der Waals surface area contributed by atoms with Gasteiger partial charge in [0, 0.05) is 26.4 Å². The summed E-state index contributed by atoms with van der Waals surface area (Å²) < 4.78 is 10.8. The number of ether oxygens (including phenoxy) is 2. The van der Waals surface area contributed by atoms with Gasteiger partial charge in [-0.15, -0.1) is 0 Å². The van der Waals surface area contributed by atoms with Crippen LogP contribution in [0.5, 0.6) is 0 Å². The van der Waals surface area contributed by atoms with Crippen molar-refractivity contribution >= 4 is 5.91 Å². The van der Waals surface area contributed by atoms with Crippen LogP contribution in [0.1, 0.15) is 18.5 Å². The maximum Gasteiger partial charge on any atom is 0.248 e. The molecule has 1 unspecified atom stereocenters. The number of amides is 1. The van der Waals surface area contributed by atoms with Gasteiger partial charge in [0.1, 0.15) is 6.61 Å². The molecule has 2 aliphatic heterocycles. The highest BCUT2D eigenvalue weighted by molar-refractivity contribution is 5.78. The molecule has 1 atom stereocenters. The van der Waals surface area contributed by atoms with Crippen LogP contribution in [0.25, 0.3) is 0 Å². The minimum absolute atomic E-state index is 0.0880. The van der Waals surface area contributed by atoms with Crippen molar-refractivity contribution in [1.82, 2.24) is 14.8 Å². The second-order valence-corrected chi connectivity index (χ2v) is 7.02. The van der Waals surface area contributed by atoms with Gasteiger partial charge in [-0.3, -0.25) is 14.7 Å². The molecule has 0 N–H and O–H groups in total. The summed E-state index contributed by atoms with van der Waals surface area (Å²) in [6, 6.07) is 5.88. The largest absolute Gasteiger partial charge is 0.375 e. The van der Waals surface area contributed by atoms with Crippen molar-refractivity contribution in [2.75, 3.05) is 47.0 Å². The maximum absolute atomic E-state index is 11.9. The van der Waals surface area contributed by atoms with Gasteiger partial charge in [-0.2, -0.15) is 0 Å². The zero-order chi connectivity index (χ0) is 17.0. The molecule has 0 saturated carbocycles. The average Bonchev–Trinajstić information content (AvgIpc) is 2.55. The Kier molecular flexibility index (Phi) is 5.48. The summed E-state index contributed by atoms with van der Waals surface area (Å²) in [6.45, 7) is 4.18. The lowest BCUT2D eigenvalue weighted by atomic mass is 9.75. The summed E-state index contributed by atoms with van der Waals surface area (Å²) in [5.74, 6) is 0.634. The van der Waals surface area contributed by atoms with Crippen LogP contribution in [0.4, 0.5) is 0 Å². The Morgan fingerprint density at radius 3 is 2.96 bits per heavy atom. The van der Waals surface area contributed by atoms with E-state index in [0.29, 0.717) is 12.5 Å². The third-order valence-electron chi connectivity index (χ3n) is 5.27. The molecule has 0 aromatic carbocycles. The Morgan fingerprint density at radius 1 is 1.42 bits per heavy atom. The lowest BCUT2D eigenvalue weighted by Crippen LogP contribution is -2.73. The van der Waals surface area contributed by atoms with Crippen molar-refractivity contribution in [2.24, 2.45) is 5.92 Å². The summed E-state index contributed by atoms with van der Waals surface area (Å²) in [6.07, 6.45) is 4.03. The van der Waals surface area contributed by atoms with E-state index in [1.807, 2.05) is 23.1 Å². The fraction of sp³-hybridized carbons (Fsp3) is 0.667. The normalized spacial score (nSPS) is 23.2. The highest BCUT2D eigenvalue weighted by Crippen LogP contribution is 2.38. The highest BCUT2D eigenvalue weighted by atomic mass is 16.5. The molecule has 6 heteroatoms. The number of hydrogen-bond donors (Lipinski definition) is 0. The van der Waals surface area contributed by atoms with Crippen molar-refractivity contribution in [3.8, 4) is 0 Å². The van der Waals surface area contributed by atoms with E-state index in [1.165, 1.54) is 0 Å². The SMILES string of the molecule is COCC(=O)N1CC2(CC(COCc3ccccn3)CCN2C)C1. The number of pyridine rings is 1. The molecule has 0 bridgehead atoms. The predicted molar refractivity (Wildman–Crippen MR) is 90.4 cm³/mol. The van der Waals surface area contributed by atoms with Gasteiger partial charge in [0.2, 0.25) is 5.91 Å². The van der Waals surface area contributed by atoms with Gasteiger partial charge in [0.15, 0.2) is 0 Å². The van der Waals surface area contributed by atoms with Crippen LogP contribution in [0.15, 0.2) is 24.4 Å². The minimum atomic E-state index is 0.0880. The zero-order valence-corrected chi connectivity index (χ0v) is 14.6. The zero-order valence-electron chi connectivity index (χ0n) is 14.6. The third-order valence-corrected chi connectivity index (χ3v) is 5.27. The minimum Gasteiger partial charge on any atom is -0.375 e. The topological polar surface area (TPSA) is 54.9 Å². The van der Waals surface area contributed by atoms with Gasteiger partial charge in [-0.1, -0.05) is 6.07 Å². The van der Waals surface area contributed by atoms with E-state index in [9.17, 15) is 4.79 Å². The van der Waals surface area contributed by atoms with E-state index in [1.54, 1.807) is 13.3 Å². The molecule has 2 fully saturated rings. The van der Waals surface area contributed by atoms with Crippen molar-refractivity contribution in [2.45, 2.75) is 25.0 Å². The van der Waals surface area contributed by atoms with Gasteiger partial charge >= 0.3 is 0 Å². The summed E-state index contributed by atoms with van der Waals surface area (Å²) in [7, 11) is 3.73. The second kappa shape index (κ2) is 7.59. The Labute approximate surface area is 143 Å². The first kappa shape index (κ1) is 17.3. The molecule has 1 amide bonds. The molecular formula is C18H27N3O3. The van der Waals surface area contributed by atoms with E-state index in [-0.39, 0.29) is 18.1 Å². The van der Waals surface area contributed by atoms with Crippen molar-refractivity contribution < 1.29 is 14.3 Å². The first-order chi connectivity index (χ1) is 11.6. The quantitative estimate of drug-likeness (QED) is 0.782. The maximum atomic E-state index is 11.9. The first-order valence-corrected chi connectivity index (χ1v) is 8.58. The monoisotopic (exact) mass is 333 g/mol. The number of aromatic nitrogens is 1. The van der Waals surface area contributed by atoms with E-state index in [0.717, 1.165) is 44.8 Å². The van der Waals surface area contributed by atoms with Gasteiger partial charge in [0.05, 0.1) is 24.4 Å². The number of piperidine rings is 1. The van der Waals surface area contributed by atoms with Crippen LogP contribution in [-0.4, -0.2) is 73.2 Å². The van der Waals surface area contributed by atoms with Gasteiger partial charge in [0.25, 0.3) is 0 Å². The van der Waals surface area contributed by atoms with Crippen LogP contribution in [0.2, 0.25) is 0 Å². The number of likely N-dealkylation sites (tertiary alicyclic amines) is 2. The fourth-order valence-electron chi connectivity index (χ4n) is 3.79. The highest BCUT2D eigenvalue weighted by Gasteiger charge is 2.50. The molecule has 24 heavy (non-hydrogen) atoms. The van der Waals surface area contributed by atoms with Crippen molar-refractivity contribution in [3.05, 3.63) is 30.1 Å². The van der Waals surface area contributed by atoms with Crippen molar-refractivity contribution in [3.63, 3.8) is 0 Å². The van der Waals surface area contributed by atoms with E-state index >= 15 is 0 Å². The second-order valence-electron chi connectivity index (χ2n) is 7.02. The molecular weight excluding hydrogens is 306 g/mol. The standard InChI is InChI=1S/C18H27N3O3/c1-20-8-6-15(10-24-11-16-5-3-4-7-19-16)9-18(20)13-21(14-18)17(22)12-23-2/h3-5,7,15H,6,8-14H2,1-2H3. The molecule has 3 heterocycles. The molecule has 6 nitrogen and oxygen atoms in total. The van der Waals surface area contributed by atoms with Crippen LogP contribution in [0.3, 0.4) is 0 Å². The van der Waals surface area contributed by atoms with Crippen LogP contribution < -0.4 is 0 Å². The number of nitrogens with zero attached hydrogens (tertiary/aromatic N) is 3. The van der Waals surface area contributed by atoms with Gasteiger partial charge in [-0.25, -0.2) is 0 Å². The fourth-order valence-corrected chi connectivity index (χ4v) is 3.79. The summed E-state index contributed by atoms with van der Waals surface area (Å²) >= 11 is 0. The number of rotatable bonds is 6. The van der Waals surface area contributed by atoms with E-state index in [4.69, 9.17) is 9.47 Å². The Bertz CT molecular complexity index is 546. The number of methoxy groups -OCH3 is 1. The Morgan fingerprint density at radius 2 is 2.25 bits per heavy atom. The molecule has 1 spiro atoms. The van der Waals surface area contributed by atoms with Crippen molar-refractivity contribution in [1.29, 1.82) is 0 Å². The number of hydrogen-bond acceptors (Lipinski definition) is 5. The molecule has 1 aromatic rings. The summed E-state index contributed by atoms with van der Waals surface area (Å²) in [5, 5.41) is 0. The first-order valence-electron chi connectivity index (χ1n) is 8.58. The molecule has 0 aliphatic carbocycles. The van der Waals surface area contributed by atoms with E-state index < -0.39 is 0 Å². The van der Waals surface area contributed by atoms with E-state index in [2.05, 4.69) is 16.9 Å². The Balaban J connectivity index is 1.47. The molecule has 1 aromatic heterocycles. The number of carbonyl (C=O) groups excluding carboxylic acids is 1. The molecule has 2 aliphatic rings. The lowest BCUT2D eigenvalue weighted by Gasteiger charge is -2.58. The Hall–Kier alpha value is -1.50. The predicted octanol–water partition coefficient (Wildman–Crippen LogP) is 1.17. The lowest BCUT2D eigenvalue weighted by molar-refractivity contribution is -0.154.